The van der Waals surface area contributed by atoms with Gasteiger partial charge in [0, 0.05) is 31.4 Å². The minimum atomic E-state index is 0.615. The van der Waals surface area contributed by atoms with E-state index in [4.69, 9.17) is 0 Å². The van der Waals surface area contributed by atoms with Crippen molar-refractivity contribution in [2.24, 2.45) is 10.9 Å². The number of nitrogens with one attached hydrogen (secondary N) is 2. The maximum absolute atomic E-state index is 4.63. The van der Waals surface area contributed by atoms with E-state index >= 15 is 0 Å². The van der Waals surface area contributed by atoms with E-state index in [0.717, 1.165) is 43.6 Å². The Morgan fingerprint density at radius 3 is 2.80 bits per heavy atom. The number of nitrogens with zero attached hydrogens (tertiary/aromatic N) is 3. The van der Waals surface area contributed by atoms with Gasteiger partial charge in [0.25, 0.3) is 0 Å². The largest absolute Gasteiger partial charge is 0.357 e. The van der Waals surface area contributed by atoms with Crippen LogP contribution in [0.3, 0.4) is 0 Å². The monoisotopic (exact) mass is 277 g/mol. The molecule has 0 bridgehead atoms. The third-order valence-electron chi connectivity index (χ3n) is 3.68. The highest BCUT2D eigenvalue weighted by Gasteiger charge is 2.33. The molecular weight excluding hydrogens is 250 g/mol. The van der Waals surface area contributed by atoms with Gasteiger partial charge in [-0.15, -0.1) is 0 Å². The fourth-order valence-corrected chi connectivity index (χ4v) is 2.33. The fourth-order valence-electron chi connectivity index (χ4n) is 2.33. The maximum Gasteiger partial charge on any atom is 0.191 e. The normalized spacial score (nSPS) is 21.9. The van der Waals surface area contributed by atoms with Crippen LogP contribution in [-0.4, -0.2) is 34.9 Å². The highest BCUT2D eigenvalue weighted by molar-refractivity contribution is 5.80. The molecule has 2 unspecified atom stereocenters. The molecule has 1 aliphatic carbocycles. The van der Waals surface area contributed by atoms with E-state index in [1.807, 2.05) is 6.92 Å². The summed E-state index contributed by atoms with van der Waals surface area (Å²) in [5.74, 6) is 1.74. The second-order valence-corrected chi connectivity index (χ2v) is 5.73. The van der Waals surface area contributed by atoms with E-state index in [0.29, 0.717) is 6.04 Å². The molecule has 2 atom stereocenters. The first-order chi connectivity index (χ1) is 9.60. The Labute approximate surface area is 121 Å². The molecule has 0 radical (unpaired) electrons. The Hall–Kier alpha value is -1.52. The zero-order valence-electron chi connectivity index (χ0n) is 13.1. The van der Waals surface area contributed by atoms with Crippen molar-refractivity contribution in [1.82, 2.24) is 20.4 Å². The van der Waals surface area contributed by atoms with Gasteiger partial charge in [0.05, 0.1) is 5.69 Å². The Bertz CT molecular complexity index is 463. The molecule has 112 valence electrons. The van der Waals surface area contributed by atoms with E-state index < -0.39 is 0 Å². The van der Waals surface area contributed by atoms with Crippen molar-refractivity contribution < 1.29 is 0 Å². The van der Waals surface area contributed by atoms with Gasteiger partial charge < -0.3 is 10.6 Å². The van der Waals surface area contributed by atoms with Crippen LogP contribution >= 0.6 is 0 Å². The van der Waals surface area contributed by atoms with E-state index in [1.165, 1.54) is 12.1 Å². The first kappa shape index (κ1) is 14.9. The summed E-state index contributed by atoms with van der Waals surface area (Å²) in [4.78, 5) is 4.63. The predicted octanol–water partition coefficient (Wildman–Crippen LogP) is 1.85. The average Bonchev–Trinajstić information content (AvgIpc) is 2.97. The Kier molecular flexibility index (Phi) is 5.04. The second-order valence-electron chi connectivity index (χ2n) is 5.73. The topological polar surface area (TPSA) is 54.2 Å². The highest BCUT2D eigenvalue weighted by Crippen LogP contribution is 2.28. The number of hydrogen-bond acceptors (Lipinski definition) is 2. The molecule has 0 spiro atoms. The van der Waals surface area contributed by atoms with Crippen LogP contribution < -0.4 is 10.6 Å². The first-order valence-corrected chi connectivity index (χ1v) is 7.66. The molecule has 5 heteroatoms. The summed E-state index contributed by atoms with van der Waals surface area (Å²) in [5.41, 5.74) is 2.31. The second kappa shape index (κ2) is 6.77. The first-order valence-electron chi connectivity index (χ1n) is 7.66. The average molecular weight is 277 g/mol. The minimum absolute atomic E-state index is 0.615. The molecule has 1 aromatic rings. The molecule has 1 heterocycles. The Morgan fingerprint density at radius 2 is 2.25 bits per heavy atom. The summed E-state index contributed by atoms with van der Waals surface area (Å²) in [6.45, 7) is 11.2. The van der Waals surface area contributed by atoms with Gasteiger partial charge in [0.2, 0.25) is 0 Å². The van der Waals surface area contributed by atoms with Gasteiger partial charge in [-0.3, -0.25) is 9.67 Å². The van der Waals surface area contributed by atoms with E-state index in [2.05, 4.69) is 52.2 Å². The molecular formula is C15H27N5. The molecule has 0 aliphatic heterocycles. The standard InChI is InChI=1S/C15H27N5/c1-5-16-15(18-14-9-11(14)2)17-7-6-8-20-13(4)10-12(3)19-20/h10-11,14H,5-9H2,1-4H3,(H2,16,17,18). The quantitative estimate of drug-likeness (QED) is 0.474. The van der Waals surface area contributed by atoms with Crippen molar-refractivity contribution in [3.05, 3.63) is 17.5 Å². The molecule has 1 fully saturated rings. The summed E-state index contributed by atoms with van der Waals surface area (Å²) in [6.07, 6.45) is 2.27. The van der Waals surface area contributed by atoms with Gasteiger partial charge in [-0.05, 0) is 45.6 Å². The Balaban J connectivity index is 1.76. The van der Waals surface area contributed by atoms with Gasteiger partial charge >= 0.3 is 0 Å². The lowest BCUT2D eigenvalue weighted by Gasteiger charge is -2.10. The van der Waals surface area contributed by atoms with Crippen molar-refractivity contribution in [1.29, 1.82) is 0 Å². The third kappa shape index (κ3) is 4.25. The molecule has 1 aromatic heterocycles. The van der Waals surface area contributed by atoms with Gasteiger partial charge in [-0.2, -0.15) is 5.10 Å². The molecule has 0 saturated heterocycles. The molecule has 2 rings (SSSR count). The van der Waals surface area contributed by atoms with Crippen molar-refractivity contribution in [2.45, 2.75) is 53.1 Å². The summed E-state index contributed by atoms with van der Waals surface area (Å²) in [6, 6.07) is 2.73. The van der Waals surface area contributed by atoms with Crippen molar-refractivity contribution >= 4 is 5.96 Å². The minimum Gasteiger partial charge on any atom is -0.357 e. The SMILES string of the molecule is CCNC(=NCCCn1nc(C)cc1C)NC1CC1C. The van der Waals surface area contributed by atoms with Gasteiger partial charge in [-0.25, -0.2) is 0 Å². The number of rotatable bonds is 6. The van der Waals surface area contributed by atoms with Gasteiger partial charge in [-0.1, -0.05) is 6.92 Å². The summed E-state index contributed by atoms with van der Waals surface area (Å²) in [5, 5.41) is 11.2. The maximum atomic E-state index is 4.63. The third-order valence-corrected chi connectivity index (χ3v) is 3.68. The number of aryl methyl sites for hydroxylation is 3. The molecule has 0 amide bonds. The summed E-state index contributed by atoms with van der Waals surface area (Å²) < 4.78 is 2.06. The highest BCUT2D eigenvalue weighted by atomic mass is 15.3. The van der Waals surface area contributed by atoms with Gasteiger partial charge in [0.15, 0.2) is 5.96 Å². The number of guanidine groups is 1. The smallest absolute Gasteiger partial charge is 0.191 e. The predicted molar refractivity (Wildman–Crippen MR) is 83.0 cm³/mol. The number of hydrogen-bond donors (Lipinski definition) is 2. The number of aromatic nitrogens is 2. The van der Waals surface area contributed by atoms with Crippen molar-refractivity contribution in [3.63, 3.8) is 0 Å². The van der Waals surface area contributed by atoms with Crippen LogP contribution in [0.25, 0.3) is 0 Å². The fraction of sp³-hybridized carbons (Fsp3) is 0.733. The van der Waals surface area contributed by atoms with Crippen LogP contribution in [0.4, 0.5) is 0 Å². The van der Waals surface area contributed by atoms with Crippen LogP contribution in [0.1, 0.15) is 38.1 Å². The van der Waals surface area contributed by atoms with E-state index in [1.54, 1.807) is 0 Å². The number of aliphatic imine (C=N–C) groups is 1. The molecule has 1 saturated carbocycles. The lowest BCUT2D eigenvalue weighted by Crippen LogP contribution is -2.39. The molecule has 0 aromatic carbocycles. The van der Waals surface area contributed by atoms with Crippen LogP contribution in [0, 0.1) is 19.8 Å². The molecule has 20 heavy (non-hydrogen) atoms. The van der Waals surface area contributed by atoms with Crippen LogP contribution in [-0.2, 0) is 6.54 Å². The molecule has 5 nitrogen and oxygen atoms in total. The van der Waals surface area contributed by atoms with Crippen LogP contribution in [0.2, 0.25) is 0 Å². The Morgan fingerprint density at radius 1 is 1.50 bits per heavy atom. The molecule has 1 aliphatic rings. The van der Waals surface area contributed by atoms with Crippen LogP contribution in [0.15, 0.2) is 11.1 Å². The molecule has 2 N–H and O–H groups in total. The van der Waals surface area contributed by atoms with Gasteiger partial charge in [0.1, 0.15) is 0 Å². The lowest BCUT2D eigenvalue weighted by molar-refractivity contribution is 0.567. The zero-order chi connectivity index (χ0) is 14.5. The van der Waals surface area contributed by atoms with Crippen molar-refractivity contribution in [2.75, 3.05) is 13.1 Å². The lowest BCUT2D eigenvalue weighted by atomic mass is 10.4. The van der Waals surface area contributed by atoms with E-state index in [9.17, 15) is 0 Å². The van der Waals surface area contributed by atoms with Crippen molar-refractivity contribution in [3.8, 4) is 0 Å². The summed E-state index contributed by atoms with van der Waals surface area (Å²) >= 11 is 0. The summed E-state index contributed by atoms with van der Waals surface area (Å²) in [7, 11) is 0. The van der Waals surface area contributed by atoms with E-state index in [-0.39, 0.29) is 0 Å². The van der Waals surface area contributed by atoms with Crippen LogP contribution in [0.5, 0.6) is 0 Å². The zero-order valence-corrected chi connectivity index (χ0v) is 13.1.